The van der Waals surface area contributed by atoms with Gasteiger partial charge in [-0.2, -0.15) is 0 Å². The normalized spacial score (nSPS) is 10.7. The summed E-state index contributed by atoms with van der Waals surface area (Å²) in [7, 11) is 1.61. The molecule has 0 aliphatic rings. The van der Waals surface area contributed by atoms with Gasteiger partial charge in [0.15, 0.2) is 0 Å². The predicted octanol–water partition coefficient (Wildman–Crippen LogP) is 4.19. The van der Waals surface area contributed by atoms with Gasteiger partial charge in [0, 0.05) is 28.9 Å². The predicted molar refractivity (Wildman–Crippen MR) is 131 cm³/mol. The third-order valence-corrected chi connectivity index (χ3v) is 5.55. The second-order valence-corrected chi connectivity index (χ2v) is 7.46. The third-order valence-electron chi connectivity index (χ3n) is 5.55. The van der Waals surface area contributed by atoms with E-state index in [2.05, 4.69) is 16.9 Å². The van der Waals surface area contributed by atoms with Crippen LogP contribution in [0, 0.1) is 0 Å². The lowest BCUT2D eigenvalue weighted by Crippen LogP contribution is -2.13. The minimum Gasteiger partial charge on any atom is -0.497 e. The Morgan fingerprint density at radius 1 is 1.09 bits per heavy atom. The van der Waals surface area contributed by atoms with Gasteiger partial charge >= 0.3 is 0 Å². The van der Waals surface area contributed by atoms with Crippen molar-refractivity contribution >= 4 is 28.4 Å². The first-order valence-corrected chi connectivity index (χ1v) is 10.3. The van der Waals surface area contributed by atoms with Crippen LogP contribution in [0.4, 0.5) is 5.69 Å². The largest absolute Gasteiger partial charge is 0.497 e. The number of aromatic amines is 1. The molecular weight excluding hydrogens is 416 g/mol. The standard InChI is InChI=1S/C26H24N4O3/c1-3-24(31)29-22-9-5-8-17(21(22)14-27)18-10-11-19(26(28)32)25-20(18)13-23(30-25)15-6-4-7-16(12-15)33-2/h3-13,30H,1,14,27H2,2H3,(H2,28,32)(H,29,31). The molecule has 0 aliphatic carbocycles. The molecule has 0 saturated carbocycles. The van der Waals surface area contributed by atoms with Crippen LogP contribution in [-0.2, 0) is 11.3 Å². The highest BCUT2D eigenvalue weighted by Crippen LogP contribution is 2.38. The van der Waals surface area contributed by atoms with Crippen molar-refractivity contribution in [2.75, 3.05) is 12.4 Å². The van der Waals surface area contributed by atoms with E-state index in [-0.39, 0.29) is 12.5 Å². The molecule has 1 heterocycles. The average Bonchev–Trinajstić information content (AvgIpc) is 3.28. The molecule has 0 aliphatic heterocycles. The maximum absolute atomic E-state index is 12.1. The fourth-order valence-electron chi connectivity index (χ4n) is 3.97. The van der Waals surface area contributed by atoms with Gasteiger partial charge in [0.2, 0.25) is 5.91 Å². The first-order chi connectivity index (χ1) is 16.0. The van der Waals surface area contributed by atoms with Crippen molar-refractivity contribution in [3.05, 3.63) is 84.4 Å². The van der Waals surface area contributed by atoms with E-state index in [1.165, 1.54) is 6.08 Å². The SMILES string of the molecule is C=CC(=O)Nc1cccc(-c2ccc(C(N)=O)c3[nH]c(-c4cccc(OC)c4)cc23)c1CN. The Morgan fingerprint density at radius 2 is 1.88 bits per heavy atom. The second-order valence-electron chi connectivity index (χ2n) is 7.46. The van der Waals surface area contributed by atoms with Crippen molar-refractivity contribution in [2.45, 2.75) is 6.54 Å². The topological polar surface area (TPSA) is 123 Å². The van der Waals surface area contributed by atoms with Crippen LogP contribution in [0.15, 0.2) is 73.3 Å². The van der Waals surface area contributed by atoms with Crippen molar-refractivity contribution in [2.24, 2.45) is 11.5 Å². The molecular formula is C26H24N4O3. The van der Waals surface area contributed by atoms with Crippen molar-refractivity contribution < 1.29 is 14.3 Å². The van der Waals surface area contributed by atoms with Crippen LogP contribution in [0.3, 0.4) is 0 Å². The van der Waals surface area contributed by atoms with Crippen LogP contribution >= 0.6 is 0 Å². The number of nitrogens with one attached hydrogen (secondary N) is 2. The lowest BCUT2D eigenvalue weighted by molar-refractivity contribution is -0.111. The molecule has 3 aromatic carbocycles. The number of primary amides is 1. The quantitative estimate of drug-likeness (QED) is 0.322. The maximum Gasteiger partial charge on any atom is 0.250 e. The van der Waals surface area contributed by atoms with Crippen LogP contribution in [0.1, 0.15) is 15.9 Å². The molecule has 33 heavy (non-hydrogen) atoms. The molecule has 0 saturated heterocycles. The summed E-state index contributed by atoms with van der Waals surface area (Å²) in [5.74, 6) is -0.132. The van der Waals surface area contributed by atoms with Crippen LogP contribution in [0.5, 0.6) is 5.75 Å². The Kier molecular flexibility index (Phi) is 5.97. The molecule has 0 bridgehead atoms. The number of aromatic nitrogens is 1. The number of hydrogen-bond acceptors (Lipinski definition) is 4. The number of anilines is 1. The smallest absolute Gasteiger partial charge is 0.250 e. The van der Waals surface area contributed by atoms with E-state index in [0.29, 0.717) is 16.8 Å². The van der Waals surface area contributed by atoms with Gasteiger partial charge in [-0.1, -0.05) is 36.9 Å². The van der Waals surface area contributed by atoms with Crippen molar-refractivity contribution in [1.29, 1.82) is 0 Å². The molecule has 4 aromatic rings. The van der Waals surface area contributed by atoms with E-state index in [1.807, 2.05) is 48.5 Å². The van der Waals surface area contributed by atoms with Gasteiger partial charge in [0.05, 0.1) is 18.2 Å². The lowest BCUT2D eigenvalue weighted by Gasteiger charge is -2.15. The number of carbonyl (C=O) groups is 2. The minimum atomic E-state index is -0.531. The van der Waals surface area contributed by atoms with E-state index in [9.17, 15) is 9.59 Å². The molecule has 0 fully saturated rings. The molecule has 7 nitrogen and oxygen atoms in total. The third kappa shape index (κ3) is 4.09. The first kappa shape index (κ1) is 21.9. The Hall–Kier alpha value is -4.36. The zero-order valence-corrected chi connectivity index (χ0v) is 18.1. The van der Waals surface area contributed by atoms with Crippen LogP contribution < -0.4 is 21.5 Å². The molecule has 6 N–H and O–H groups in total. The molecule has 4 rings (SSSR count). The molecule has 0 atom stereocenters. The molecule has 0 unspecified atom stereocenters. The zero-order valence-electron chi connectivity index (χ0n) is 18.1. The van der Waals surface area contributed by atoms with E-state index in [1.54, 1.807) is 19.2 Å². The van der Waals surface area contributed by atoms with Gasteiger partial charge in [-0.05, 0) is 53.1 Å². The number of rotatable bonds is 7. The average molecular weight is 441 g/mol. The van der Waals surface area contributed by atoms with Crippen LogP contribution in [0.25, 0.3) is 33.3 Å². The summed E-state index contributed by atoms with van der Waals surface area (Å²) in [6, 6.07) is 18.7. The molecule has 166 valence electrons. The summed E-state index contributed by atoms with van der Waals surface area (Å²) < 4.78 is 5.35. The number of amides is 2. The maximum atomic E-state index is 12.1. The summed E-state index contributed by atoms with van der Waals surface area (Å²) in [6.07, 6.45) is 1.21. The fourth-order valence-corrected chi connectivity index (χ4v) is 3.97. The summed E-state index contributed by atoms with van der Waals surface area (Å²) in [5.41, 5.74) is 17.5. The van der Waals surface area contributed by atoms with Gasteiger partial charge < -0.3 is 26.5 Å². The number of benzene rings is 3. The molecule has 0 radical (unpaired) electrons. The number of nitrogens with two attached hydrogens (primary N) is 2. The van der Waals surface area contributed by atoms with Crippen molar-refractivity contribution in [3.8, 4) is 28.1 Å². The number of methoxy groups -OCH3 is 1. The monoisotopic (exact) mass is 440 g/mol. The highest BCUT2D eigenvalue weighted by molar-refractivity contribution is 6.11. The van der Waals surface area contributed by atoms with Crippen molar-refractivity contribution in [1.82, 2.24) is 4.98 Å². The minimum absolute atomic E-state index is 0.204. The van der Waals surface area contributed by atoms with Crippen LogP contribution in [0.2, 0.25) is 0 Å². The van der Waals surface area contributed by atoms with Crippen molar-refractivity contribution in [3.63, 3.8) is 0 Å². The number of ether oxygens (including phenoxy) is 1. The Labute approximate surface area is 191 Å². The van der Waals surface area contributed by atoms with Gasteiger partial charge in [-0.3, -0.25) is 9.59 Å². The number of hydrogen-bond donors (Lipinski definition) is 4. The summed E-state index contributed by atoms with van der Waals surface area (Å²) in [6.45, 7) is 3.71. The number of carbonyl (C=O) groups excluding carboxylic acids is 2. The molecule has 7 heteroatoms. The number of H-pyrrole nitrogens is 1. The van der Waals surface area contributed by atoms with Gasteiger partial charge in [-0.15, -0.1) is 0 Å². The Bertz CT molecular complexity index is 1390. The zero-order chi connectivity index (χ0) is 23.5. The Morgan fingerprint density at radius 3 is 2.58 bits per heavy atom. The van der Waals surface area contributed by atoms with Gasteiger partial charge in [0.1, 0.15) is 5.75 Å². The second kappa shape index (κ2) is 9.02. The summed E-state index contributed by atoms with van der Waals surface area (Å²) in [5, 5.41) is 3.62. The molecule has 2 amide bonds. The summed E-state index contributed by atoms with van der Waals surface area (Å²) in [4.78, 5) is 27.4. The number of fused-ring (bicyclic) bond motifs is 1. The van der Waals surface area contributed by atoms with E-state index in [0.717, 1.165) is 39.1 Å². The van der Waals surface area contributed by atoms with Gasteiger partial charge in [0.25, 0.3) is 5.91 Å². The highest BCUT2D eigenvalue weighted by atomic mass is 16.5. The first-order valence-electron chi connectivity index (χ1n) is 10.3. The Balaban J connectivity index is 1.96. The summed E-state index contributed by atoms with van der Waals surface area (Å²) >= 11 is 0. The molecule has 0 spiro atoms. The fraction of sp³-hybridized carbons (Fsp3) is 0.0769. The van der Waals surface area contributed by atoms with E-state index >= 15 is 0 Å². The van der Waals surface area contributed by atoms with Crippen LogP contribution in [-0.4, -0.2) is 23.9 Å². The van der Waals surface area contributed by atoms with Gasteiger partial charge in [-0.25, -0.2) is 0 Å². The van der Waals surface area contributed by atoms with E-state index < -0.39 is 5.91 Å². The highest BCUT2D eigenvalue weighted by Gasteiger charge is 2.18. The lowest BCUT2D eigenvalue weighted by atomic mass is 9.93. The molecule has 1 aromatic heterocycles. The van der Waals surface area contributed by atoms with E-state index in [4.69, 9.17) is 16.2 Å².